The van der Waals surface area contributed by atoms with E-state index in [0.717, 1.165) is 0 Å². The standard InChI is InChI=1S/C8H19N.C4H6O2/c1-3-5-7-9-8-6-4-2;1-3(2)4(5)6/h9H,3-8H2,1-2H3;1H2,2H3,(H,5,6). The lowest BCUT2D eigenvalue weighted by Crippen LogP contribution is -2.15. The number of hydrogen-bond donors (Lipinski definition) is 2. The number of hydrogen-bond acceptors (Lipinski definition) is 2. The van der Waals surface area contributed by atoms with Gasteiger partial charge < -0.3 is 10.4 Å². The van der Waals surface area contributed by atoms with E-state index in [0.29, 0.717) is 0 Å². The van der Waals surface area contributed by atoms with Gasteiger partial charge in [0, 0.05) is 5.57 Å². The Balaban J connectivity index is 0. The van der Waals surface area contributed by atoms with Crippen LogP contribution in [0.2, 0.25) is 0 Å². The minimum atomic E-state index is -0.935. The van der Waals surface area contributed by atoms with Crippen molar-refractivity contribution in [3.63, 3.8) is 0 Å². The lowest BCUT2D eigenvalue weighted by molar-refractivity contribution is -0.132. The van der Waals surface area contributed by atoms with Gasteiger partial charge in [0.25, 0.3) is 0 Å². The molecule has 0 aliphatic carbocycles. The second kappa shape index (κ2) is 13.2. The van der Waals surface area contributed by atoms with Gasteiger partial charge in [0.2, 0.25) is 0 Å². The minimum absolute atomic E-state index is 0.176. The maximum atomic E-state index is 9.60. The van der Waals surface area contributed by atoms with E-state index in [1.165, 1.54) is 45.7 Å². The fourth-order valence-corrected chi connectivity index (χ4v) is 0.729. The normalized spacial score (nSPS) is 9.00. The van der Waals surface area contributed by atoms with Crippen LogP contribution in [0.4, 0.5) is 0 Å². The highest BCUT2D eigenvalue weighted by molar-refractivity contribution is 5.84. The van der Waals surface area contributed by atoms with Gasteiger partial charge in [0.15, 0.2) is 0 Å². The maximum absolute atomic E-state index is 9.60. The van der Waals surface area contributed by atoms with Crippen molar-refractivity contribution in [2.24, 2.45) is 0 Å². The molecule has 0 aliphatic rings. The van der Waals surface area contributed by atoms with Crippen molar-refractivity contribution in [2.45, 2.75) is 46.5 Å². The smallest absolute Gasteiger partial charge is 0.330 e. The molecule has 0 spiro atoms. The van der Waals surface area contributed by atoms with Crippen molar-refractivity contribution in [3.05, 3.63) is 12.2 Å². The summed E-state index contributed by atoms with van der Waals surface area (Å²) in [5.41, 5.74) is 0.176. The van der Waals surface area contributed by atoms with Gasteiger partial charge >= 0.3 is 5.97 Å². The highest BCUT2D eigenvalue weighted by Gasteiger charge is 1.90. The fraction of sp³-hybridized carbons (Fsp3) is 0.750. The molecule has 3 heteroatoms. The third-order valence-electron chi connectivity index (χ3n) is 1.78. The second-order valence-corrected chi connectivity index (χ2v) is 3.54. The van der Waals surface area contributed by atoms with E-state index in [1.807, 2.05) is 0 Å². The summed E-state index contributed by atoms with van der Waals surface area (Å²) in [6.45, 7) is 11.5. The van der Waals surface area contributed by atoms with Crippen LogP contribution >= 0.6 is 0 Å². The highest BCUT2D eigenvalue weighted by Crippen LogP contribution is 1.85. The predicted octanol–water partition coefficient (Wildman–Crippen LogP) is 2.82. The Labute approximate surface area is 93.6 Å². The summed E-state index contributed by atoms with van der Waals surface area (Å²) in [4.78, 5) is 9.60. The van der Waals surface area contributed by atoms with Gasteiger partial charge in [0.05, 0.1) is 0 Å². The first-order chi connectivity index (χ1) is 7.06. The Kier molecular flexibility index (Phi) is 14.6. The van der Waals surface area contributed by atoms with E-state index in [1.54, 1.807) is 0 Å². The molecule has 0 fully saturated rings. The molecule has 0 bridgehead atoms. The number of nitrogens with one attached hydrogen (secondary N) is 1. The summed E-state index contributed by atoms with van der Waals surface area (Å²) in [5.74, 6) is -0.935. The Hall–Kier alpha value is -0.830. The van der Waals surface area contributed by atoms with Gasteiger partial charge in [-0.3, -0.25) is 0 Å². The third-order valence-corrected chi connectivity index (χ3v) is 1.78. The molecule has 90 valence electrons. The molecule has 0 rings (SSSR count). The lowest BCUT2D eigenvalue weighted by Gasteiger charge is -1.99. The summed E-state index contributed by atoms with van der Waals surface area (Å²) in [6.07, 6.45) is 5.26. The summed E-state index contributed by atoms with van der Waals surface area (Å²) >= 11 is 0. The first kappa shape index (κ1) is 16.6. The Bertz CT molecular complexity index is 149. The van der Waals surface area contributed by atoms with E-state index in [2.05, 4.69) is 25.7 Å². The SMILES string of the molecule is C=C(C)C(=O)O.CCCCNCCCC. The van der Waals surface area contributed by atoms with E-state index in [4.69, 9.17) is 5.11 Å². The van der Waals surface area contributed by atoms with E-state index in [9.17, 15) is 4.79 Å². The summed E-state index contributed by atoms with van der Waals surface area (Å²) in [7, 11) is 0. The molecule has 0 saturated heterocycles. The number of carboxylic acids is 1. The molecular formula is C12H25NO2. The fourth-order valence-electron chi connectivity index (χ4n) is 0.729. The van der Waals surface area contributed by atoms with Crippen LogP contribution in [0.25, 0.3) is 0 Å². The van der Waals surface area contributed by atoms with Crippen LogP contribution in [0.1, 0.15) is 46.5 Å². The first-order valence-electron chi connectivity index (χ1n) is 5.65. The average Bonchev–Trinajstić information content (AvgIpc) is 2.18. The average molecular weight is 215 g/mol. The van der Waals surface area contributed by atoms with Crippen molar-refractivity contribution in [1.29, 1.82) is 0 Å². The van der Waals surface area contributed by atoms with Gasteiger partial charge in [-0.15, -0.1) is 0 Å². The minimum Gasteiger partial charge on any atom is -0.478 e. The molecular weight excluding hydrogens is 190 g/mol. The second-order valence-electron chi connectivity index (χ2n) is 3.54. The molecule has 0 aromatic heterocycles. The Morgan fingerprint density at radius 3 is 1.73 bits per heavy atom. The van der Waals surface area contributed by atoms with E-state index < -0.39 is 5.97 Å². The van der Waals surface area contributed by atoms with E-state index in [-0.39, 0.29) is 5.57 Å². The molecule has 0 aromatic carbocycles. The molecule has 3 nitrogen and oxygen atoms in total. The first-order valence-corrected chi connectivity index (χ1v) is 5.65. The number of carbonyl (C=O) groups is 1. The van der Waals surface area contributed by atoms with Gasteiger partial charge in [0.1, 0.15) is 0 Å². The molecule has 2 N–H and O–H groups in total. The molecule has 0 heterocycles. The molecule has 15 heavy (non-hydrogen) atoms. The van der Waals surface area contributed by atoms with Crippen LogP contribution < -0.4 is 5.32 Å². The summed E-state index contributed by atoms with van der Waals surface area (Å²) in [6, 6.07) is 0. The summed E-state index contributed by atoms with van der Waals surface area (Å²) < 4.78 is 0. The lowest BCUT2D eigenvalue weighted by atomic mass is 10.3. The van der Waals surface area contributed by atoms with Crippen LogP contribution in [-0.4, -0.2) is 24.2 Å². The molecule has 0 radical (unpaired) electrons. The Morgan fingerprint density at radius 2 is 1.53 bits per heavy atom. The Morgan fingerprint density at radius 1 is 1.20 bits per heavy atom. The summed E-state index contributed by atoms with van der Waals surface area (Å²) in [5, 5.41) is 11.3. The zero-order valence-electron chi connectivity index (χ0n) is 10.3. The van der Waals surface area contributed by atoms with Gasteiger partial charge in [-0.05, 0) is 32.9 Å². The van der Waals surface area contributed by atoms with Crippen molar-refractivity contribution in [1.82, 2.24) is 5.32 Å². The van der Waals surface area contributed by atoms with Crippen molar-refractivity contribution >= 4 is 5.97 Å². The monoisotopic (exact) mass is 215 g/mol. The predicted molar refractivity (Wildman–Crippen MR) is 65.1 cm³/mol. The van der Waals surface area contributed by atoms with Gasteiger partial charge in [-0.1, -0.05) is 33.3 Å². The number of unbranched alkanes of at least 4 members (excludes halogenated alkanes) is 2. The van der Waals surface area contributed by atoms with Crippen LogP contribution in [0, 0.1) is 0 Å². The maximum Gasteiger partial charge on any atom is 0.330 e. The van der Waals surface area contributed by atoms with Crippen molar-refractivity contribution < 1.29 is 9.90 Å². The van der Waals surface area contributed by atoms with Crippen LogP contribution in [-0.2, 0) is 4.79 Å². The highest BCUT2D eigenvalue weighted by atomic mass is 16.4. The van der Waals surface area contributed by atoms with E-state index >= 15 is 0 Å². The molecule has 0 unspecified atom stereocenters. The third kappa shape index (κ3) is 19.5. The number of aliphatic carboxylic acids is 1. The van der Waals surface area contributed by atoms with Crippen LogP contribution in [0.5, 0.6) is 0 Å². The number of carboxylic acid groups (broad SMARTS) is 1. The molecule has 0 aromatic rings. The van der Waals surface area contributed by atoms with Crippen molar-refractivity contribution in [2.75, 3.05) is 13.1 Å². The zero-order chi connectivity index (χ0) is 12.1. The quantitative estimate of drug-likeness (QED) is 0.507. The van der Waals surface area contributed by atoms with Gasteiger partial charge in [-0.25, -0.2) is 4.79 Å². The topological polar surface area (TPSA) is 49.3 Å². The molecule has 0 amide bonds. The largest absolute Gasteiger partial charge is 0.478 e. The van der Waals surface area contributed by atoms with Crippen molar-refractivity contribution in [3.8, 4) is 0 Å². The number of rotatable bonds is 7. The van der Waals surface area contributed by atoms with Crippen LogP contribution in [0.3, 0.4) is 0 Å². The van der Waals surface area contributed by atoms with Crippen LogP contribution in [0.15, 0.2) is 12.2 Å². The zero-order valence-corrected chi connectivity index (χ0v) is 10.3. The molecule has 0 saturated carbocycles. The molecule has 0 aliphatic heterocycles. The molecule has 0 atom stereocenters. The van der Waals surface area contributed by atoms with Gasteiger partial charge in [-0.2, -0.15) is 0 Å².